The van der Waals surface area contributed by atoms with Crippen LogP contribution in [0.1, 0.15) is 10.4 Å². The van der Waals surface area contributed by atoms with Crippen molar-refractivity contribution < 1.29 is 4.79 Å². The number of nitrogens with zero attached hydrogens (tertiary/aromatic N) is 3. The van der Waals surface area contributed by atoms with E-state index in [1.54, 1.807) is 0 Å². The number of halogens is 1. The molecule has 7 nitrogen and oxygen atoms in total. The van der Waals surface area contributed by atoms with Gasteiger partial charge < -0.3 is 5.43 Å². The molecule has 0 atom stereocenters. The van der Waals surface area contributed by atoms with E-state index in [-0.39, 0.29) is 11.1 Å². The summed E-state index contributed by atoms with van der Waals surface area (Å²) in [5, 5.41) is 10.4. The molecule has 0 saturated heterocycles. The maximum absolute atomic E-state index is 11.8. The number of hydrazine groups is 1. The fourth-order valence-electron chi connectivity index (χ4n) is 1.10. The van der Waals surface area contributed by atoms with Crippen molar-refractivity contribution in [2.24, 2.45) is 5.84 Å². The average Bonchev–Trinajstić information content (AvgIpc) is 2.81. The summed E-state index contributed by atoms with van der Waals surface area (Å²) in [7, 11) is 0. The van der Waals surface area contributed by atoms with Crippen molar-refractivity contribution in [1.82, 2.24) is 15.2 Å². The molecule has 0 saturated carbocycles. The molecule has 17 heavy (non-hydrogen) atoms. The molecule has 1 amide bonds. The molecule has 0 bridgehead atoms. The Bertz CT molecular complexity index is 531. The van der Waals surface area contributed by atoms with Crippen molar-refractivity contribution in [2.75, 3.05) is 10.7 Å². The first kappa shape index (κ1) is 11.7. The van der Waals surface area contributed by atoms with Crippen LogP contribution in [0.15, 0.2) is 17.6 Å². The zero-order valence-corrected chi connectivity index (χ0v) is 9.92. The van der Waals surface area contributed by atoms with Crippen molar-refractivity contribution >= 4 is 39.8 Å². The van der Waals surface area contributed by atoms with Crippen LogP contribution in [0.2, 0.25) is 5.15 Å². The molecule has 2 aromatic heterocycles. The molecule has 2 heterocycles. The maximum Gasteiger partial charge on any atom is 0.257 e. The van der Waals surface area contributed by atoms with Crippen LogP contribution in [0.5, 0.6) is 0 Å². The summed E-state index contributed by atoms with van der Waals surface area (Å²) >= 11 is 6.96. The molecule has 0 aliphatic carbocycles. The standard InChI is InChI=1S/C8H7ClN6OS/c9-5-1-4(2-6(12-5)14-10)7(16)13-8-15-11-3-17-8/h1-3H,10H2,(H,12,14)(H,13,15,16). The Kier molecular flexibility index (Phi) is 3.47. The van der Waals surface area contributed by atoms with E-state index in [0.29, 0.717) is 16.5 Å². The summed E-state index contributed by atoms with van der Waals surface area (Å²) in [6.45, 7) is 0. The van der Waals surface area contributed by atoms with Gasteiger partial charge in [0.1, 0.15) is 16.5 Å². The molecular formula is C8H7ClN6OS. The second-order valence-electron chi connectivity index (χ2n) is 2.91. The minimum Gasteiger partial charge on any atom is -0.308 e. The number of anilines is 2. The number of amides is 1. The monoisotopic (exact) mass is 270 g/mol. The first-order valence-electron chi connectivity index (χ1n) is 4.41. The van der Waals surface area contributed by atoms with Crippen molar-refractivity contribution in [3.63, 3.8) is 0 Å². The van der Waals surface area contributed by atoms with Gasteiger partial charge in [-0.15, -0.1) is 10.2 Å². The molecule has 0 spiro atoms. The van der Waals surface area contributed by atoms with Crippen LogP contribution in [-0.2, 0) is 0 Å². The Morgan fingerprint density at radius 3 is 2.94 bits per heavy atom. The SMILES string of the molecule is NNc1cc(C(=O)Nc2nncs2)cc(Cl)n1. The lowest BCUT2D eigenvalue weighted by molar-refractivity contribution is 0.102. The molecule has 9 heteroatoms. The van der Waals surface area contributed by atoms with Crippen LogP contribution in [0.4, 0.5) is 10.9 Å². The van der Waals surface area contributed by atoms with E-state index in [1.807, 2.05) is 0 Å². The molecule has 0 aliphatic heterocycles. The first-order chi connectivity index (χ1) is 8.19. The molecule has 2 aromatic rings. The summed E-state index contributed by atoms with van der Waals surface area (Å²) in [6.07, 6.45) is 0. The number of carbonyl (C=O) groups is 1. The predicted octanol–water partition coefficient (Wildman–Crippen LogP) is 1.12. The third-order valence-electron chi connectivity index (χ3n) is 1.78. The van der Waals surface area contributed by atoms with Gasteiger partial charge in [-0.05, 0) is 12.1 Å². The number of nitrogens with two attached hydrogens (primary N) is 1. The Labute approximate surface area is 105 Å². The zero-order valence-electron chi connectivity index (χ0n) is 8.35. The van der Waals surface area contributed by atoms with E-state index in [1.165, 1.54) is 29.0 Å². The van der Waals surface area contributed by atoms with Crippen molar-refractivity contribution in [1.29, 1.82) is 0 Å². The molecule has 0 aliphatic rings. The zero-order chi connectivity index (χ0) is 12.3. The summed E-state index contributed by atoms with van der Waals surface area (Å²) in [6, 6.07) is 2.90. The fraction of sp³-hybridized carbons (Fsp3) is 0. The molecule has 2 rings (SSSR count). The van der Waals surface area contributed by atoms with Gasteiger partial charge in [0.05, 0.1) is 0 Å². The third kappa shape index (κ3) is 2.87. The van der Waals surface area contributed by atoms with Crippen molar-refractivity contribution in [3.05, 3.63) is 28.4 Å². The third-order valence-corrected chi connectivity index (χ3v) is 2.58. The Morgan fingerprint density at radius 1 is 1.47 bits per heavy atom. The molecule has 4 N–H and O–H groups in total. The van der Waals surface area contributed by atoms with Gasteiger partial charge in [0.15, 0.2) is 0 Å². The van der Waals surface area contributed by atoms with E-state index in [2.05, 4.69) is 25.9 Å². The number of aromatic nitrogens is 3. The minimum atomic E-state index is -0.359. The number of nitrogen functional groups attached to an aromatic ring is 1. The Balaban J connectivity index is 2.21. The highest BCUT2D eigenvalue weighted by Crippen LogP contribution is 2.16. The number of pyridine rings is 1. The van der Waals surface area contributed by atoms with E-state index in [9.17, 15) is 4.79 Å². The van der Waals surface area contributed by atoms with Gasteiger partial charge >= 0.3 is 0 Å². The van der Waals surface area contributed by atoms with Crippen LogP contribution < -0.4 is 16.6 Å². The van der Waals surface area contributed by atoms with E-state index >= 15 is 0 Å². The number of rotatable bonds is 3. The van der Waals surface area contributed by atoms with E-state index < -0.39 is 0 Å². The molecule has 0 radical (unpaired) electrons. The Morgan fingerprint density at radius 2 is 2.29 bits per heavy atom. The second kappa shape index (κ2) is 5.04. The van der Waals surface area contributed by atoms with Gasteiger partial charge in [0, 0.05) is 5.56 Å². The van der Waals surface area contributed by atoms with Crippen molar-refractivity contribution in [3.8, 4) is 0 Å². The molecule has 0 unspecified atom stereocenters. The highest BCUT2D eigenvalue weighted by Gasteiger charge is 2.10. The largest absolute Gasteiger partial charge is 0.308 e. The highest BCUT2D eigenvalue weighted by molar-refractivity contribution is 7.13. The van der Waals surface area contributed by atoms with Crippen LogP contribution in [0, 0.1) is 0 Å². The molecule has 88 valence electrons. The summed E-state index contributed by atoms with van der Waals surface area (Å²) < 4.78 is 0. The van der Waals surface area contributed by atoms with Gasteiger partial charge in [-0.25, -0.2) is 10.8 Å². The number of nitrogens with one attached hydrogen (secondary N) is 2. The Hall–Kier alpha value is -1.77. The second-order valence-corrected chi connectivity index (χ2v) is 4.13. The lowest BCUT2D eigenvalue weighted by Gasteiger charge is -2.04. The smallest absolute Gasteiger partial charge is 0.257 e. The average molecular weight is 271 g/mol. The van der Waals surface area contributed by atoms with Gasteiger partial charge in [-0.1, -0.05) is 22.9 Å². The number of carbonyl (C=O) groups excluding carboxylic acids is 1. The topological polar surface area (TPSA) is 106 Å². The van der Waals surface area contributed by atoms with Crippen LogP contribution in [0.3, 0.4) is 0 Å². The molecule has 0 fully saturated rings. The normalized spacial score (nSPS) is 10.0. The predicted molar refractivity (Wildman–Crippen MR) is 64.9 cm³/mol. The van der Waals surface area contributed by atoms with Gasteiger partial charge in [0.25, 0.3) is 5.91 Å². The quantitative estimate of drug-likeness (QED) is 0.438. The number of hydrogen-bond donors (Lipinski definition) is 3. The minimum absolute atomic E-state index is 0.169. The van der Waals surface area contributed by atoms with Crippen LogP contribution in [0.25, 0.3) is 0 Å². The molecule has 0 aromatic carbocycles. The van der Waals surface area contributed by atoms with Crippen LogP contribution >= 0.6 is 22.9 Å². The van der Waals surface area contributed by atoms with E-state index in [0.717, 1.165) is 0 Å². The summed E-state index contributed by atoms with van der Waals surface area (Å²) in [4.78, 5) is 15.7. The van der Waals surface area contributed by atoms with Gasteiger partial charge in [-0.3, -0.25) is 10.1 Å². The fourth-order valence-corrected chi connectivity index (χ4v) is 1.75. The number of hydrogen-bond acceptors (Lipinski definition) is 7. The van der Waals surface area contributed by atoms with Crippen LogP contribution in [-0.4, -0.2) is 21.1 Å². The highest BCUT2D eigenvalue weighted by atomic mass is 35.5. The summed E-state index contributed by atoms with van der Waals surface area (Å²) in [5.74, 6) is 5.15. The van der Waals surface area contributed by atoms with Gasteiger partial charge in [0.2, 0.25) is 5.13 Å². The summed E-state index contributed by atoms with van der Waals surface area (Å²) in [5.41, 5.74) is 4.16. The van der Waals surface area contributed by atoms with Gasteiger partial charge in [-0.2, -0.15) is 0 Å². The van der Waals surface area contributed by atoms with Crippen molar-refractivity contribution in [2.45, 2.75) is 0 Å². The maximum atomic E-state index is 11.8. The lowest BCUT2D eigenvalue weighted by Crippen LogP contribution is -2.14. The lowest BCUT2D eigenvalue weighted by atomic mass is 10.2. The first-order valence-corrected chi connectivity index (χ1v) is 5.66. The van der Waals surface area contributed by atoms with E-state index in [4.69, 9.17) is 17.4 Å². The molecular weight excluding hydrogens is 264 g/mol.